The second kappa shape index (κ2) is 5.49. The van der Waals surface area contributed by atoms with E-state index in [4.69, 9.17) is 38.8 Å². The molecule has 0 atom stereocenters. The van der Waals surface area contributed by atoms with Crippen LogP contribution in [0, 0.1) is 0 Å². The Morgan fingerprint density at radius 3 is 2.40 bits per heavy atom. The molecule has 2 aromatic carbocycles. The summed E-state index contributed by atoms with van der Waals surface area (Å²) in [5.74, 6) is 0.654. The number of hydrogen-bond acceptors (Lipinski definition) is 4. The van der Waals surface area contributed by atoms with Gasteiger partial charge in [-0.2, -0.15) is 0 Å². The Morgan fingerprint density at radius 2 is 1.80 bits per heavy atom. The summed E-state index contributed by atoms with van der Waals surface area (Å²) in [5.41, 5.74) is 5.62. The molecule has 0 radical (unpaired) electrons. The minimum atomic E-state index is -3.87. The monoisotopic (exact) mass is 332 g/mol. The predicted molar refractivity (Wildman–Crippen MR) is 78.8 cm³/mol. The van der Waals surface area contributed by atoms with Gasteiger partial charge in [0.05, 0.1) is 10.7 Å². The number of nitrogen functional groups attached to an aromatic ring is 1. The maximum Gasteiger partial charge on any atom is 0.240 e. The molecular weight excluding hydrogens is 323 g/mol. The highest BCUT2D eigenvalue weighted by molar-refractivity contribution is 7.89. The van der Waals surface area contributed by atoms with Gasteiger partial charge in [0.1, 0.15) is 21.4 Å². The second-order valence-corrected chi connectivity index (χ2v) is 6.21. The average Bonchev–Trinajstić information content (AvgIpc) is 2.33. The van der Waals surface area contributed by atoms with Gasteiger partial charge < -0.3 is 10.5 Å². The molecular formula is C12H10Cl2N2O3S. The SMILES string of the molecule is Nc1cc(Oc2cccc(Cl)c2Cl)ccc1S(N)(=O)=O. The van der Waals surface area contributed by atoms with E-state index in [-0.39, 0.29) is 15.6 Å². The van der Waals surface area contributed by atoms with E-state index in [1.165, 1.54) is 18.2 Å². The molecule has 0 aromatic heterocycles. The maximum absolute atomic E-state index is 11.2. The lowest BCUT2D eigenvalue weighted by Crippen LogP contribution is -2.14. The van der Waals surface area contributed by atoms with Gasteiger partial charge in [0.25, 0.3) is 0 Å². The molecule has 2 aromatic rings. The van der Waals surface area contributed by atoms with Gasteiger partial charge >= 0.3 is 0 Å². The number of benzene rings is 2. The van der Waals surface area contributed by atoms with Crippen LogP contribution in [0.15, 0.2) is 41.3 Å². The quantitative estimate of drug-likeness (QED) is 0.844. The van der Waals surface area contributed by atoms with Crippen LogP contribution in [-0.2, 0) is 10.0 Å². The van der Waals surface area contributed by atoms with E-state index in [9.17, 15) is 8.42 Å². The van der Waals surface area contributed by atoms with Crippen molar-refractivity contribution in [3.63, 3.8) is 0 Å². The van der Waals surface area contributed by atoms with Gasteiger partial charge in [0, 0.05) is 6.07 Å². The third-order valence-electron chi connectivity index (χ3n) is 2.43. The fourth-order valence-electron chi connectivity index (χ4n) is 1.54. The first-order valence-electron chi connectivity index (χ1n) is 5.33. The zero-order valence-electron chi connectivity index (χ0n) is 10.0. The minimum absolute atomic E-state index is 0.0110. The van der Waals surface area contributed by atoms with Crippen LogP contribution in [0.4, 0.5) is 5.69 Å². The molecule has 0 amide bonds. The highest BCUT2D eigenvalue weighted by atomic mass is 35.5. The van der Waals surface area contributed by atoms with Gasteiger partial charge in [0.15, 0.2) is 0 Å². The summed E-state index contributed by atoms with van der Waals surface area (Å²) in [7, 11) is -3.87. The van der Waals surface area contributed by atoms with Crippen molar-refractivity contribution in [2.75, 3.05) is 5.73 Å². The Balaban J connectivity index is 2.36. The van der Waals surface area contributed by atoms with Gasteiger partial charge in [-0.05, 0) is 24.3 Å². The Kier molecular flexibility index (Phi) is 4.10. The lowest BCUT2D eigenvalue weighted by molar-refractivity contribution is 0.483. The fraction of sp³-hybridized carbons (Fsp3) is 0. The molecule has 5 nitrogen and oxygen atoms in total. The second-order valence-electron chi connectivity index (χ2n) is 3.90. The molecule has 0 heterocycles. The van der Waals surface area contributed by atoms with Crippen molar-refractivity contribution >= 4 is 38.9 Å². The molecule has 0 spiro atoms. The first-order valence-corrected chi connectivity index (χ1v) is 7.63. The highest BCUT2D eigenvalue weighted by Crippen LogP contribution is 2.35. The summed E-state index contributed by atoms with van der Waals surface area (Å²) in [6.45, 7) is 0. The molecule has 0 bridgehead atoms. The highest BCUT2D eigenvalue weighted by Gasteiger charge is 2.14. The number of anilines is 1. The molecule has 4 N–H and O–H groups in total. The number of rotatable bonds is 3. The van der Waals surface area contributed by atoms with E-state index < -0.39 is 10.0 Å². The molecule has 0 fully saturated rings. The van der Waals surface area contributed by atoms with E-state index in [0.717, 1.165) is 0 Å². The summed E-state index contributed by atoms with van der Waals surface area (Å²) in [4.78, 5) is -0.165. The molecule has 0 aliphatic carbocycles. The smallest absolute Gasteiger partial charge is 0.240 e. The van der Waals surface area contributed by atoms with Crippen LogP contribution in [0.2, 0.25) is 10.0 Å². The lowest BCUT2D eigenvalue weighted by atomic mass is 10.3. The average molecular weight is 333 g/mol. The number of ether oxygens (including phenoxy) is 1. The largest absolute Gasteiger partial charge is 0.456 e. The number of halogens is 2. The number of nitrogens with two attached hydrogens (primary N) is 2. The summed E-state index contributed by atoms with van der Waals surface area (Å²) >= 11 is 11.8. The van der Waals surface area contributed by atoms with Crippen LogP contribution in [-0.4, -0.2) is 8.42 Å². The van der Waals surface area contributed by atoms with Crippen molar-refractivity contribution in [3.8, 4) is 11.5 Å². The fourth-order valence-corrected chi connectivity index (χ4v) is 2.51. The van der Waals surface area contributed by atoms with Crippen LogP contribution in [0.25, 0.3) is 0 Å². The number of primary sulfonamides is 1. The van der Waals surface area contributed by atoms with Gasteiger partial charge in [-0.3, -0.25) is 0 Å². The summed E-state index contributed by atoms with van der Waals surface area (Å²) in [5, 5.41) is 5.62. The lowest BCUT2D eigenvalue weighted by Gasteiger charge is -2.10. The van der Waals surface area contributed by atoms with Crippen LogP contribution < -0.4 is 15.6 Å². The van der Waals surface area contributed by atoms with E-state index in [1.54, 1.807) is 18.2 Å². The third kappa shape index (κ3) is 3.16. The Morgan fingerprint density at radius 1 is 1.10 bits per heavy atom. The van der Waals surface area contributed by atoms with Gasteiger partial charge in [-0.15, -0.1) is 0 Å². The normalized spacial score (nSPS) is 11.3. The van der Waals surface area contributed by atoms with E-state index in [0.29, 0.717) is 16.5 Å². The third-order valence-corrected chi connectivity index (χ3v) is 4.22. The maximum atomic E-state index is 11.2. The van der Waals surface area contributed by atoms with Crippen molar-refractivity contribution in [1.29, 1.82) is 0 Å². The molecule has 8 heteroatoms. The van der Waals surface area contributed by atoms with Crippen molar-refractivity contribution in [1.82, 2.24) is 0 Å². The van der Waals surface area contributed by atoms with E-state index >= 15 is 0 Å². The van der Waals surface area contributed by atoms with Crippen LogP contribution >= 0.6 is 23.2 Å². The van der Waals surface area contributed by atoms with Crippen molar-refractivity contribution in [3.05, 3.63) is 46.4 Å². The van der Waals surface area contributed by atoms with Crippen LogP contribution in [0.5, 0.6) is 11.5 Å². The van der Waals surface area contributed by atoms with Crippen molar-refractivity contribution in [2.45, 2.75) is 4.90 Å². The van der Waals surface area contributed by atoms with Crippen molar-refractivity contribution in [2.24, 2.45) is 5.14 Å². The first-order chi connectivity index (χ1) is 9.29. The molecule has 0 saturated carbocycles. The van der Waals surface area contributed by atoms with Gasteiger partial charge in [-0.25, -0.2) is 13.6 Å². The minimum Gasteiger partial charge on any atom is -0.456 e. The molecule has 0 saturated heterocycles. The molecule has 0 aliphatic rings. The van der Waals surface area contributed by atoms with Crippen LogP contribution in [0.1, 0.15) is 0 Å². The standard InChI is InChI=1S/C12H10Cl2N2O3S/c13-8-2-1-3-10(12(8)14)19-7-4-5-11(9(15)6-7)20(16,17)18/h1-6H,15H2,(H2,16,17,18). The Labute approximate surface area is 126 Å². The molecule has 106 valence electrons. The predicted octanol–water partition coefficient (Wildman–Crippen LogP) is 3.02. The Bertz CT molecular complexity index is 763. The summed E-state index contributed by atoms with van der Waals surface area (Å²) in [6.07, 6.45) is 0. The molecule has 0 aliphatic heterocycles. The van der Waals surface area contributed by atoms with Gasteiger partial charge in [-0.1, -0.05) is 29.3 Å². The Hall–Kier alpha value is -1.47. The molecule has 0 unspecified atom stereocenters. The molecule has 2 rings (SSSR count). The van der Waals surface area contributed by atoms with Crippen LogP contribution in [0.3, 0.4) is 0 Å². The van der Waals surface area contributed by atoms with E-state index in [2.05, 4.69) is 0 Å². The topological polar surface area (TPSA) is 95.4 Å². The van der Waals surface area contributed by atoms with Crippen molar-refractivity contribution < 1.29 is 13.2 Å². The number of hydrogen-bond donors (Lipinski definition) is 2. The van der Waals surface area contributed by atoms with Gasteiger partial charge in [0.2, 0.25) is 10.0 Å². The summed E-state index contributed by atoms with van der Waals surface area (Å²) in [6, 6.07) is 8.95. The van der Waals surface area contributed by atoms with E-state index in [1.807, 2.05) is 0 Å². The zero-order valence-corrected chi connectivity index (χ0v) is 12.3. The summed E-state index contributed by atoms with van der Waals surface area (Å²) < 4.78 is 28.0. The zero-order chi connectivity index (χ0) is 14.9. The first kappa shape index (κ1) is 14.9. The molecule has 20 heavy (non-hydrogen) atoms. The number of sulfonamides is 1.